The van der Waals surface area contributed by atoms with Crippen molar-refractivity contribution in [2.75, 3.05) is 0 Å². The highest BCUT2D eigenvalue weighted by Gasteiger charge is 2.15. The fourth-order valence-corrected chi connectivity index (χ4v) is 2.80. The molecule has 0 atom stereocenters. The largest absolute Gasteiger partial charge is 0.409 e. The Hall–Kier alpha value is -2.09. The predicted molar refractivity (Wildman–Crippen MR) is 82.6 cm³/mol. The molecule has 0 unspecified atom stereocenters. The predicted octanol–water partition coefficient (Wildman–Crippen LogP) is 1.05. The first-order valence-electron chi connectivity index (χ1n) is 6.37. The van der Waals surface area contributed by atoms with E-state index in [9.17, 15) is 4.79 Å². The van der Waals surface area contributed by atoms with Crippen LogP contribution in [0.5, 0.6) is 0 Å². The van der Waals surface area contributed by atoms with Gasteiger partial charge in [0, 0.05) is 13.2 Å². The summed E-state index contributed by atoms with van der Waals surface area (Å²) in [7, 11) is 1.83. The average Bonchev–Trinajstić information content (AvgIpc) is 2.75. The number of aromatic nitrogens is 3. The van der Waals surface area contributed by atoms with Gasteiger partial charge in [0.05, 0.1) is 28.0 Å². The molecule has 0 aliphatic rings. The number of rotatable bonds is 4. The molecule has 2 rings (SSSR count). The maximum atomic E-state index is 12.3. The summed E-state index contributed by atoms with van der Waals surface area (Å²) in [6.45, 7) is 2.36. The lowest BCUT2D eigenvalue weighted by molar-refractivity contribution is 0.318. The Morgan fingerprint density at radius 3 is 2.86 bits per heavy atom. The number of hydrogen-bond donors (Lipinski definition) is 2. The van der Waals surface area contributed by atoms with E-state index in [2.05, 4.69) is 26.2 Å². The van der Waals surface area contributed by atoms with Crippen LogP contribution >= 0.6 is 15.9 Å². The molecule has 21 heavy (non-hydrogen) atoms. The van der Waals surface area contributed by atoms with Crippen LogP contribution in [0.25, 0.3) is 0 Å². The molecule has 0 radical (unpaired) electrons. The standard InChI is InChI=1S/C13H16BrN5O2/c1-3-9-11(14)10(18(2)16-9)7-19-6-4-5-8(13(19)20)12(15)17-21/h4-6,21H,3,7H2,1-2H3,(H2,15,17). The molecule has 0 fully saturated rings. The number of hydrogen-bond acceptors (Lipinski definition) is 4. The fraction of sp³-hybridized carbons (Fsp3) is 0.308. The minimum Gasteiger partial charge on any atom is -0.409 e. The third-order valence-corrected chi connectivity index (χ3v) is 4.14. The summed E-state index contributed by atoms with van der Waals surface area (Å²) in [4.78, 5) is 12.3. The smallest absolute Gasteiger partial charge is 0.262 e. The number of nitrogens with two attached hydrogens (primary N) is 1. The van der Waals surface area contributed by atoms with Crippen molar-refractivity contribution in [3.63, 3.8) is 0 Å². The number of oxime groups is 1. The summed E-state index contributed by atoms with van der Waals surface area (Å²) in [5.41, 5.74) is 7.16. The van der Waals surface area contributed by atoms with Gasteiger partial charge >= 0.3 is 0 Å². The third-order valence-electron chi connectivity index (χ3n) is 3.23. The zero-order chi connectivity index (χ0) is 15.6. The lowest BCUT2D eigenvalue weighted by Gasteiger charge is -2.08. The van der Waals surface area contributed by atoms with Crippen LogP contribution in [0.3, 0.4) is 0 Å². The minimum absolute atomic E-state index is 0.161. The fourth-order valence-electron chi connectivity index (χ4n) is 2.06. The summed E-state index contributed by atoms with van der Waals surface area (Å²) in [6, 6.07) is 3.20. The normalized spacial score (nSPS) is 11.9. The van der Waals surface area contributed by atoms with Gasteiger partial charge in [0.2, 0.25) is 0 Å². The molecular formula is C13H16BrN5O2. The van der Waals surface area contributed by atoms with Crippen molar-refractivity contribution < 1.29 is 5.21 Å². The molecule has 0 spiro atoms. The van der Waals surface area contributed by atoms with Crippen LogP contribution in [0, 0.1) is 0 Å². The van der Waals surface area contributed by atoms with E-state index in [0.717, 1.165) is 22.3 Å². The second-order valence-corrected chi connectivity index (χ2v) is 5.32. The van der Waals surface area contributed by atoms with Gasteiger partial charge in [0.1, 0.15) is 0 Å². The van der Waals surface area contributed by atoms with Crippen molar-refractivity contribution in [2.24, 2.45) is 17.9 Å². The molecule has 0 saturated carbocycles. The second-order valence-electron chi connectivity index (χ2n) is 4.52. The van der Waals surface area contributed by atoms with Crippen LogP contribution in [0.15, 0.2) is 32.8 Å². The van der Waals surface area contributed by atoms with Crippen molar-refractivity contribution in [2.45, 2.75) is 19.9 Å². The topological polar surface area (TPSA) is 98.4 Å². The Morgan fingerprint density at radius 1 is 1.57 bits per heavy atom. The molecule has 0 aliphatic heterocycles. The Morgan fingerprint density at radius 2 is 2.29 bits per heavy atom. The summed E-state index contributed by atoms with van der Waals surface area (Å²) < 4.78 is 4.13. The first-order valence-corrected chi connectivity index (χ1v) is 7.16. The van der Waals surface area contributed by atoms with E-state index < -0.39 is 0 Å². The summed E-state index contributed by atoms with van der Waals surface area (Å²) in [6.07, 6.45) is 2.45. The summed E-state index contributed by atoms with van der Waals surface area (Å²) in [5, 5.41) is 16.0. The van der Waals surface area contributed by atoms with E-state index in [1.165, 1.54) is 10.6 Å². The van der Waals surface area contributed by atoms with Crippen molar-refractivity contribution in [3.05, 3.63) is 50.1 Å². The number of halogens is 1. The van der Waals surface area contributed by atoms with Crippen LogP contribution in [-0.2, 0) is 20.0 Å². The van der Waals surface area contributed by atoms with E-state index >= 15 is 0 Å². The molecule has 0 aromatic carbocycles. The van der Waals surface area contributed by atoms with Gasteiger partial charge in [-0.05, 0) is 34.5 Å². The molecular weight excluding hydrogens is 338 g/mol. The lowest BCUT2D eigenvalue weighted by atomic mass is 10.2. The SMILES string of the molecule is CCc1nn(C)c(Cn2cccc(/C(N)=N/O)c2=O)c1Br. The first-order chi connectivity index (χ1) is 9.99. The molecule has 2 heterocycles. The third kappa shape index (κ3) is 2.85. The quantitative estimate of drug-likeness (QED) is 0.371. The van der Waals surface area contributed by atoms with Gasteiger partial charge in [-0.2, -0.15) is 5.10 Å². The lowest BCUT2D eigenvalue weighted by Crippen LogP contribution is -2.30. The molecule has 0 bridgehead atoms. The zero-order valence-electron chi connectivity index (χ0n) is 11.7. The van der Waals surface area contributed by atoms with Gasteiger partial charge in [0.15, 0.2) is 5.84 Å². The van der Waals surface area contributed by atoms with Crippen LogP contribution in [0.1, 0.15) is 23.9 Å². The van der Waals surface area contributed by atoms with Crippen LogP contribution in [0.2, 0.25) is 0 Å². The number of nitrogens with zero attached hydrogens (tertiary/aromatic N) is 4. The molecule has 2 aromatic heterocycles. The van der Waals surface area contributed by atoms with E-state index in [1.807, 2.05) is 14.0 Å². The Balaban J connectivity index is 2.46. The van der Waals surface area contributed by atoms with Gasteiger partial charge in [-0.25, -0.2) is 0 Å². The van der Waals surface area contributed by atoms with Crippen molar-refractivity contribution in [3.8, 4) is 0 Å². The molecule has 0 aliphatic carbocycles. The van der Waals surface area contributed by atoms with Crippen molar-refractivity contribution >= 4 is 21.8 Å². The van der Waals surface area contributed by atoms with Crippen molar-refractivity contribution in [1.29, 1.82) is 0 Å². The molecule has 3 N–H and O–H groups in total. The zero-order valence-corrected chi connectivity index (χ0v) is 13.3. The Kier molecular flexibility index (Phi) is 4.46. The van der Waals surface area contributed by atoms with Gasteiger partial charge < -0.3 is 15.5 Å². The molecule has 0 saturated heterocycles. The first kappa shape index (κ1) is 15.3. The highest BCUT2D eigenvalue weighted by atomic mass is 79.9. The molecule has 112 valence electrons. The monoisotopic (exact) mass is 353 g/mol. The van der Waals surface area contributed by atoms with E-state index in [-0.39, 0.29) is 17.0 Å². The molecule has 8 heteroatoms. The molecule has 2 aromatic rings. The second kappa shape index (κ2) is 6.13. The minimum atomic E-state index is -0.320. The Labute approximate surface area is 129 Å². The van der Waals surface area contributed by atoms with E-state index in [4.69, 9.17) is 10.9 Å². The maximum Gasteiger partial charge on any atom is 0.262 e. The van der Waals surface area contributed by atoms with Gasteiger partial charge in [-0.3, -0.25) is 9.48 Å². The summed E-state index contributed by atoms with van der Waals surface area (Å²) >= 11 is 3.52. The Bertz CT molecular complexity index is 748. The van der Waals surface area contributed by atoms with E-state index in [0.29, 0.717) is 6.54 Å². The average molecular weight is 354 g/mol. The van der Waals surface area contributed by atoms with Gasteiger partial charge in [0.25, 0.3) is 5.56 Å². The van der Waals surface area contributed by atoms with Gasteiger partial charge in [-0.1, -0.05) is 12.1 Å². The van der Waals surface area contributed by atoms with Crippen LogP contribution < -0.4 is 11.3 Å². The highest BCUT2D eigenvalue weighted by molar-refractivity contribution is 9.10. The van der Waals surface area contributed by atoms with Crippen LogP contribution in [-0.4, -0.2) is 25.4 Å². The van der Waals surface area contributed by atoms with Crippen LogP contribution in [0.4, 0.5) is 0 Å². The van der Waals surface area contributed by atoms with E-state index in [1.54, 1.807) is 16.9 Å². The number of aryl methyl sites for hydroxylation is 2. The van der Waals surface area contributed by atoms with Gasteiger partial charge in [-0.15, -0.1) is 0 Å². The highest BCUT2D eigenvalue weighted by Crippen LogP contribution is 2.22. The number of pyridine rings is 1. The number of amidine groups is 1. The molecule has 0 amide bonds. The maximum absolute atomic E-state index is 12.3. The van der Waals surface area contributed by atoms with Crippen molar-refractivity contribution in [1.82, 2.24) is 14.3 Å². The molecule has 7 nitrogen and oxygen atoms in total. The summed E-state index contributed by atoms with van der Waals surface area (Å²) in [5.74, 6) is -0.201.